The molecule has 9 heteroatoms. The Morgan fingerprint density at radius 2 is 2.06 bits per heavy atom. The van der Waals surface area contributed by atoms with Crippen LogP contribution in [0.4, 0.5) is 4.39 Å². The molecule has 6 nitrogen and oxygen atoms in total. The summed E-state index contributed by atoms with van der Waals surface area (Å²) in [6.45, 7) is 5.52. The predicted octanol–water partition coefficient (Wildman–Crippen LogP) is 4.16. The highest BCUT2D eigenvalue weighted by atomic mass is 32.2. The van der Waals surface area contributed by atoms with Gasteiger partial charge >= 0.3 is 0 Å². The molecule has 0 unspecified atom stereocenters. The Balaban J connectivity index is 1.90. The summed E-state index contributed by atoms with van der Waals surface area (Å²) in [5, 5.41) is 5.75. The minimum Gasteiger partial charge on any atom is -0.383 e. The first-order valence-corrected chi connectivity index (χ1v) is 11.9. The van der Waals surface area contributed by atoms with E-state index in [0.29, 0.717) is 41.0 Å². The summed E-state index contributed by atoms with van der Waals surface area (Å²) >= 11 is 2.60. The molecule has 1 N–H and O–H groups in total. The molecule has 2 heterocycles. The van der Waals surface area contributed by atoms with Crippen molar-refractivity contribution >= 4 is 39.2 Å². The Hall–Kier alpha value is -2.23. The fourth-order valence-electron chi connectivity index (χ4n) is 3.02. The molecular formula is C22H26FN3O3S2. The monoisotopic (exact) mass is 463 g/mol. The van der Waals surface area contributed by atoms with Gasteiger partial charge in [0.25, 0.3) is 5.56 Å². The van der Waals surface area contributed by atoms with Crippen molar-refractivity contribution in [3.63, 3.8) is 0 Å². The van der Waals surface area contributed by atoms with Gasteiger partial charge in [-0.2, -0.15) is 0 Å². The number of carbonyl (C=O) groups is 1. The minimum absolute atomic E-state index is 0.0866. The zero-order valence-electron chi connectivity index (χ0n) is 17.8. The van der Waals surface area contributed by atoms with Crippen molar-refractivity contribution in [2.75, 3.05) is 26.0 Å². The van der Waals surface area contributed by atoms with Gasteiger partial charge in [-0.15, -0.1) is 11.3 Å². The van der Waals surface area contributed by atoms with Gasteiger partial charge in [0.1, 0.15) is 10.6 Å². The number of amides is 1. The average Bonchev–Trinajstić information content (AvgIpc) is 3.16. The number of benzene rings is 1. The van der Waals surface area contributed by atoms with E-state index in [0.717, 1.165) is 17.5 Å². The van der Waals surface area contributed by atoms with E-state index in [4.69, 9.17) is 4.74 Å². The molecule has 0 aliphatic rings. The van der Waals surface area contributed by atoms with E-state index >= 15 is 0 Å². The number of ether oxygens (including phenoxy) is 1. The molecule has 1 amide bonds. The topological polar surface area (TPSA) is 73.2 Å². The van der Waals surface area contributed by atoms with Crippen molar-refractivity contribution in [2.45, 2.75) is 32.0 Å². The number of thioether (sulfide) groups is 1. The standard InChI is InChI=1S/C22H26FN3O3S2/c1-14(2)8-9-24-18(27)13-31-22-25-20-19(21(28)26(22)10-11-29-3)17(12-30-20)15-4-6-16(23)7-5-15/h4-7,12,14H,8-11,13H2,1-3H3,(H,24,27). The third kappa shape index (κ3) is 5.93. The van der Waals surface area contributed by atoms with Gasteiger partial charge < -0.3 is 10.1 Å². The van der Waals surface area contributed by atoms with Crippen molar-refractivity contribution in [1.82, 2.24) is 14.9 Å². The molecular weight excluding hydrogens is 437 g/mol. The SMILES string of the molecule is COCCn1c(SCC(=O)NCCC(C)C)nc2scc(-c3ccc(F)cc3)c2c1=O. The first-order valence-electron chi connectivity index (χ1n) is 10.1. The highest BCUT2D eigenvalue weighted by Gasteiger charge is 2.18. The first-order chi connectivity index (χ1) is 14.9. The van der Waals surface area contributed by atoms with E-state index in [2.05, 4.69) is 24.1 Å². The van der Waals surface area contributed by atoms with Gasteiger partial charge in [0.05, 0.1) is 24.3 Å². The number of hydrogen-bond acceptors (Lipinski definition) is 6. The van der Waals surface area contributed by atoms with E-state index in [1.54, 1.807) is 23.8 Å². The number of aromatic nitrogens is 2. The Kier molecular flexibility index (Phi) is 8.22. The van der Waals surface area contributed by atoms with E-state index in [-0.39, 0.29) is 23.0 Å². The summed E-state index contributed by atoms with van der Waals surface area (Å²) in [6, 6.07) is 6.05. The number of nitrogens with zero attached hydrogens (tertiary/aromatic N) is 2. The van der Waals surface area contributed by atoms with Crippen LogP contribution < -0.4 is 10.9 Å². The Morgan fingerprint density at radius 3 is 2.74 bits per heavy atom. The largest absolute Gasteiger partial charge is 0.383 e. The number of thiophene rings is 1. The third-order valence-corrected chi connectivity index (χ3v) is 6.56. The van der Waals surface area contributed by atoms with Gasteiger partial charge in [0.2, 0.25) is 5.91 Å². The maximum Gasteiger partial charge on any atom is 0.263 e. The van der Waals surface area contributed by atoms with Crippen LogP contribution in [0.2, 0.25) is 0 Å². The smallest absolute Gasteiger partial charge is 0.263 e. The van der Waals surface area contributed by atoms with Crippen LogP contribution in [0, 0.1) is 11.7 Å². The number of methoxy groups -OCH3 is 1. The van der Waals surface area contributed by atoms with Crippen LogP contribution in [0.15, 0.2) is 39.6 Å². The molecule has 0 bridgehead atoms. The molecule has 0 saturated carbocycles. The molecule has 31 heavy (non-hydrogen) atoms. The van der Waals surface area contributed by atoms with Crippen LogP contribution in [0.3, 0.4) is 0 Å². The third-order valence-electron chi connectivity index (χ3n) is 4.71. The van der Waals surface area contributed by atoms with Gasteiger partial charge in [0.15, 0.2) is 5.16 Å². The van der Waals surface area contributed by atoms with Crippen LogP contribution in [0.25, 0.3) is 21.3 Å². The van der Waals surface area contributed by atoms with Gasteiger partial charge in [-0.05, 0) is 30.0 Å². The van der Waals surface area contributed by atoms with Crippen molar-refractivity contribution < 1.29 is 13.9 Å². The molecule has 0 aliphatic heterocycles. The second-order valence-corrected chi connectivity index (χ2v) is 9.30. The van der Waals surface area contributed by atoms with Crippen molar-refractivity contribution in [3.8, 4) is 11.1 Å². The maximum atomic E-state index is 13.4. The van der Waals surface area contributed by atoms with Crippen LogP contribution in [-0.4, -0.2) is 41.5 Å². The van der Waals surface area contributed by atoms with Gasteiger partial charge in [-0.1, -0.05) is 37.7 Å². The van der Waals surface area contributed by atoms with E-state index in [9.17, 15) is 14.0 Å². The molecule has 0 atom stereocenters. The summed E-state index contributed by atoms with van der Waals surface area (Å²) in [7, 11) is 1.57. The molecule has 0 saturated heterocycles. The maximum absolute atomic E-state index is 13.4. The molecule has 166 valence electrons. The van der Waals surface area contributed by atoms with E-state index < -0.39 is 0 Å². The molecule has 3 rings (SSSR count). The van der Waals surface area contributed by atoms with Crippen LogP contribution in [0.1, 0.15) is 20.3 Å². The van der Waals surface area contributed by atoms with Crippen molar-refractivity contribution in [1.29, 1.82) is 0 Å². The molecule has 1 aromatic carbocycles. The lowest BCUT2D eigenvalue weighted by atomic mass is 10.1. The summed E-state index contributed by atoms with van der Waals surface area (Å²) in [6.07, 6.45) is 0.917. The Morgan fingerprint density at radius 1 is 1.32 bits per heavy atom. The van der Waals surface area contributed by atoms with E-state index in [1.807, 2.05) is 5.38 Å². The molecule has 0 spiro atoms. The fourth-order valence-corrected chi connectivity index (χ4v) is 4.86. The quantitative estimate of drug-likeness (QED) is 0.361. The fraction of sp³-hybridized carbons (Fsp3) is 0.409. The first kappa shape index (κ1) is 23.4. The Labute approximate surface area is 188 Å². The Bertz CT molecular complexity index is 1090. The average molecular weight is 464 g/mol. The summed E-state index contributed by atoms with van der Waals surface area (Å²) in [5.74, 6) is 0.283. The molecule has 0 radical (unpaired) electrons. The van der Waals surface area contributed by atoms with Gasteiger partial charge in [-0.25, -0.2) is 9.37 Å². The van der Waals surface area contributed by atoms with Crippen molar-refractivity contribution in [3.05, 3.63) is 45.8 Å². The summed E-state index contributed by atoms with van der Waals surface area (Å²) in [4.78, 5) is 30.8. The summed E-state index contributed by atoms with van der Waals surface area (Å²) < 4.78 is 20.0. The number of fused-ring (bicyclic) bond motifs is 1. The van der Waals surface area contributed by atoms with Gasteiger partial charge in [0, 0.05) is 24.6 Å². The molecule has 0 aliphatic carbocycles. The zero-order chi connectivity index (χ0) is 22.4. The summed E-state index contributed by atoms with van der Waals surface area (Å²) in [5.41, 5.74) is 1.30. The predicted molar refractivity (Wildman–Crippen MR) is 124 cm³/mol. The normalized spacial score (nSPS) is 11.4. The van der Waals surface area contributed by atoms with E-state index in [1.165, 1.54) is 35.2 Å². The van der Waals surface area contributed by atoms with Crippen molar-refractivity contribution in [2.24, 2.45) is 5.92 Å². The molecule has 3 aromatic rings. The minimum atomic E-state index is -0.329. The highest BCUT2D eigenvalue weighted by molar-refractivity contribution is 7.99. The molecule has 2 aromatic heterocycles. The van der Waals surface area contributed by atoms with Crippen LogP contribution in [-0.2, 0) is 16.1 Å². The van der Waals surface area contributed by atoms with Crippen LogP contribution >= 0.6 is 23.1 Å². The zero-order valence-corrected chi connectivity index (χ0v) is 19.4. The second kappa shape index (κ2) is 10.9. The lowest BCUT2D eigenvalue weighted by molar-refractivity contribution is -0.118. The number of rotatable bonds is 10. The molecule has 0 fully saturated rings. The van der Waals surface area contributed by atoms with Gasteiger partial charge in [-0.3, -0.25) is 14.2 Å². The highest BCUT2D eigenvalue weighted by Crippen LogP contribution is 2.32. The van der Waals surface area contributed by atoms with Crippen LogP contribution in [0.5, 0.6) is 0 Å². The number of hydrogen-bond donors (Lipinski definition) is 1. The number of halogens is 1. The second-order valence-electron chi connectivity index (χ2n) is 7.50. The number of nitrogens with one attached hydrogen (secondary N) is 1. The lowest BCUT2D eigenvalue weighted by Gasteiger charge is -2.12. The lowest BCUT2D eigenvalue weighted by Crippen LogP contribution is -2.28. The number of carbonyl (C=O) groups excluding carboxylic acids is 1.